The molecule has 1 aliphatic heterocycles. The second-order valence-electron chi connectivity index (χ2n) is 5.94. The summed E-state index contributed by atoms with van der Waals surface area (Å²) in [5.41, 5.74) is 1.13. The van der Waals surface area contributed by atoms with E-state index in [2.05, 4.69) is 50.6 Å². The highest BCUT2D eigenvalue weighted by atomic mass is 16.5. The molecule has 1 aliphatic rings. The number of anilines is 1. The molecule has 2 heterocycles. The molecule has 106 valence electrons. The highest BCUT2D eigenvalue weighted by Crippen LogP contribution is 2.24. The van der Waals surface area contributed by atoms with Crippen LogP contribution in [0.2, 0.25) is 0 Å². The molecule has 19 heavy (non-hydrogen) atoms. The van der Waals surface area contributed by atoms with Gasteiger partial charge in [0.1, 0.15) is 11.6 Å². The number of ether oxygens (including phenoxy) is 1. The van der Waals surface area contributed by atoms with Crippen molar-refractivity contribution in [2.24, 2.45) is 0 Å². The van der Waals surface area contributed by atoms with Crippen molar-refractivity contribution in [3.05, 3.63) is 17.6 Å². The van der Waals surface area contributed by atoms with Crippen molar-refractivity contribution >= 4 is 5.82 Å². The van der Waals surface area contributed by atoms with E-state index in [1.807, 2.05) is 0 Å². The van der Waals surface area contributed by atoms with Gasteiger partial charge in [-0.1, -0.05) is 27.7 Å². The highest BCUT2D eigenvalue weighted by molar-refractivity contribution is 5.42. The molecule has 1 aromatic rings. The Kier molecular flexibility index (Phi) is 4.40. The van der Waals surface area contributed by atoms with Crippen LogP contribution in [0.3, 0.4) is 0 Å². The Morgan fingerprint density at radius 3 is 2.53 bits per heavy atom. The molecule has 1 unspecified atom stereocenters. The van der Waals surface area contributed by atoms with Gasteiger partial charge in [-0.2, -0.15) is 0 Å². The third-order valence-corrected chi connectivity index (χ3v) is 3.52. The fraction of sp³-hybridized carbons (Fsp3) is 0.733. The summed E-state index contributed by atoms with van der Waals surface area (Å²) in [7, 11) is 0. The average molecular weight is 263 g/mol. The molecule has 0 radical (unpaired) electrons. The van der Waals surface area contributed by atoms with Gasteiger partial charge in [-0.15, -0.1) is 0 Å². The normalized spacial score (nSPS) is 20.4. The minimum absolute atomic E-state index is 0.355. The molecule has 2 rings (SSSR count). The summed E-state index contributed by atoms with van der Waals surface area (Å²) in [6.45, 7) is 13.3. The number of hydrogen-bond acceptors (Lipinski definition) is 4. The quantitative estimate of drug-likeness (QED) is 0.840. The van der Waals surface area contributed by atoms with Crippen LogP contribution in [-0.4, -0.2) is 35.8 Å². The van der Waals surface area contributed by atoms with E-state index in [9.17, 15) is 0 Å². The number of morpholine rings is 1. The van der Waals surface area contributed by atoms with Crippen LogP contribution in [0, 0.1) is 0 Å². The van der Waals surface area contributed by atoms with Crippen LogP contribution in [0.4, 0.5) is 5.82 Å². The monoisotopic (exact) mass is 263 g/mol. The lowest BCUT2D eigenvalue weighted by molar-refractivity contribution is 0.0985. The van der Waals surface area contributed by atoms with Gasteiger partial charge in [0.05, 0.1) is 19.3 Å². The lowest BCUT2D eigenvalue weighted by Gasteiger charge is -2.34. The van der Waals surface area contributed by atoms with E-state index in [1.165, 1.54) is 0 Å². The molecule has 1 atom stereocenters. The van der Waals surface area contributed by atoms with Crippen LogP contribution in [0.15, 0.2) is 6.07 Å². The molecular weight excluding hydrogens is 238 g/mol. The van der Waals surface area contributed by atoms with Gasteiger partial charge in [-0.3, -0.25) is 0 Å². The molecule has 0 aromatic carbocycles. The Balaban J connectivity index is 2.37. The molecule has 0 N–H and O–H groups in total. The van der Waals surface area contributed by atoms with Gasteiger partial charge >= 0.3 is 0 Å². The maximum absolute atomic E-state index is 5.50. The summed E-state index contributed by atoms with van der Waals surface area (Å²) in [6.07, 6.45) is 0. The lowest BCUT2D eigenvalue weighted by atomic mass is 10.1. The minimum Gasteiger partial charge on any atom is -0.377 e. The van der Waals surface area contributed by atoms with E-state index in [1.54, 1.807) is 0 Å². The van der Waals surface area contributed by atoms with Gasteiger partial charge in [-0.05, 0) is 12.8 Å². The molecule has 0 amide bonds. The Labute approximate surface area is 116 Å². The topological polar surface area (TPSA) is 38.2 Å². The first kappa shape index (κ1) is 14.3. The fourth-order valence-electron chi connectivity index (χ4n) is 2.24. The molecule has 4 nitrogen and oxygen atoms in total. The predicted octanol–water partition coefficient (Wildman–Crippen LogP) is 2.95. The predicted molar refractivity (Wildman–Crippen MR) is 77.8 cm³/mol. The number of nitrogens with zero attached hydrogens (tertiary/aromatic N) is 3. The molecule has 0 aliphatic carbocycles. The summed E-state index contributed by atoms with van der Waals surface area (Å²) < 4.78 is 5.50. The molecule has 1 fully saturated rings. The van der Waals surface area contributed by atoms with Crippen LogP contribution >= 0.6 is 0 Å². The number of aromatic nitrogens is 2. The Morgan fingerprint density at radius 1 is 1.21 bits per heavy atom. The van der Waals surface area contributed by atoms with Crippen LogP contribution < -0.4 is 4.90 Å². The average Bonchev–Trinajstić information content (AvgIpc) is 2.38. The summed E-state index contributed by atoms with van der Waals surface area (Å²) in [6, 6.07) is 2.52. The number of rotatable bonds is 3. The van der Waals surface area contributed by atoms with Crippen molar-refractivity contribution in [1.82, 2.24) is 9.97 Å². The number of hydrogen-bond donors (Lipinski definition) is 0. The Bertz CT molecular complexity index is 405. The van der Waals surface area contributed by atoms with E-state index in [0.29, 0.717) is 17.9 Å². The zero-order valence-corrected chi connectivity index (χ0v) is 12.7. The van der Waals surface area contributed by atoms with Crippen molar-refractivity contribution in [1.29, 1.82) is 0 Å². The van der Waals surface area contributed by atoms with E-state index in [4.69, 9.17) is 9.72 Å². The largest absolute Gasteiger partial charge is 0.377 e. The van der Waals surface area contributed by atoms with Crippen LogP contribution in [0.5, 0.6) is 0 Å². The molecule has 0 saturated carbocycles. The second kappa shape index (κ2) is 5.87. The van der Waals surface area contributed by atoms with Gasteiger partial charge in [0.2, 0.25) is 0 Å². The maximum Gasteiger partial charge on any atom is 0.133 e. The van der Waals surface area contributed by atoms with E-state index < -0.39 is 0 Å². The lowest BCUT2D eigenvalue weighted by Crippen LogP contribution is -2.44. The van der Waals surface area contributed by atoms with E-state index in [0.717, 1.165) is 37.1 Å². The van der Waals surface area contributed by atoms with Gasteiger partial charge in [0.25, 0.3) is 0 Å². The van der Waals surface area contributed by atoms with Crippen molar-refractivity contribution in [3.8, 4) is 0 Å². The molecule has 1 saturated heterocycles. The van der Waals surface area contributed by atoms with E-state index in [-0.39, 0.29) is 0 Å². The van der Waals surface area contributed by atoms with Gasteiger partial charge in [0, 0.05) is 24.2 Å². The summed E-state index contributed by atoms with van der Waals surface area (Å²) in [5.74, 6) is 2.78. The zero-order valence-electron chi connectivity index (χ0n) is 12.7. The Morgan fingerprint density at radius 2 is 1.95 bits per heavy atom. The third kappa shape index (κ3) is 3.24. The minimum atomic E-state index is 0.355. The van der Waals surface area contributed by atoms with Gasteiger partial charge in [0.15, 0.2) is 0 Å². The van der Waals surface area contributed by atoms with Crippen molar-refractivity contribution < 1.29 is 4.74 Å². The van der Waals surface area contributed by atoms with E-state index >= 15 is 0 Å². The Hall–Kier alpha value is -1.16. The van der Waals surface area contributed by atoms with Gasteiger partial charge < -0.3 is 9.64 Å². The first-order valence-electron chi connectivity index (χ1n) is 7.22. The summed E-state index contributed by atoms with van der Waals surface area (Å²) >= 11 is 0. The van der Waals surface area contributed by atoms with Crippen molar-refractivity contribution in [3.63, 3.8) is 0 Å². The standard InChI is InChI=1S/C15H25N3O/c1-10(2)13-8-14(17-15(16-13)11(3)4)18-6-7-19-9-12(18)5/h8,10-12H,6-7,9H2,1-5H3. The highest BCUT2D eigenvalue weighted by Gasteiger charge is 2.22. The second-order valence-corrected chi connectivity index (χ2v) is 5.94. The van der Waals surface area contributed by atoms with Gasteiger partial charge in [-0.25, -0.2) is 9.97 Å². The van der Waals surface area contributed by atoms with Crippen LogP contribution in [0.25, 0.3) is 0 Å². The summed E-state index contributed by atoms with van der Waals surface area (Å²) in [5, 5.41) is 0. The fourth-order valence-corrected chi connectivity index (χ4v) is 2.24. The van der Waals surface area contributed by atoms with Crippen LogP contribution in [0.1, 0.15) is 58.0 Å². The third-order valence-electron chi connectivity index (χ3n) is 3.52. The zero-order chi connectivity index (χ0) is 14.0. The smallest absolute Gasteiger partial charge is 0.133 e. The first-order chi connectivity index (χ1) is 8.99. The maximum atomic E-state index is 5.50. The molecule has 4 heteroatoms. The van der Waals surface area contributed by atoms with Crippen molar-refractivity contribution in [2.75, 3.05) is 24.7 Å². The molecular formula is C15H25N3O. The SMILES string of the molecule is CC(C)c1cc(N2CCOCC2C)nc(C(C)C)n1. The first-order valence-corrected chi connectivity index (χ1v) is 7.22. The summed E-state index contributed by atoms with van der Waals surface area (Å²) in [4.78, 5) is 11.8. The molecule has 1 aromatic heterocycles. The van der Waals surface area contributed by atoms with Crippen LogP contribution in [-0.2, 0) is 4.74 Å². The van der Waals surface area contributed by atoms with Crippen molar-refractivity contribution in [2.45, 2.75) is 52.5 Å². The molecule has 0 spiro atoms. The molecule has 0 bridgehead atoms.